The number of ether oxygens (including phenoxy) is 2. The number of ketones is 1. The van der Waals surface area contributed by atoms with Gasteiger partial charge in [-0.1, -0.05) is 6.07 Å². The van der Waals surface area contributed by atoms with E-state index in [0.717, 1.165) is 11.1 Å². The van der Waals surface area contributed by atoms with Gasteiger partial charge in [-0.25, -0.2) is 0 Å². The number of aryl methyl sites for hydroxylation is 2. The average molecular weight is 271 g/mol. The molecule has 0 aliphatic carbocycles. The summed E-state index contributed by atoms with van der Waals surface area (Å²) in [7, 11) is 3.09. The number of aromatic nitrogens is 1. The molecular weight excluding hydrogens is 254 g/mol. The van der Waals surface area contributed by atoms with Crippen LogP contribution in [0.15, 0.2) is 30.6 Å². The lowest BCUT2D eigenvalue weighted by Gasteiger charge is -2.13. The number of pyridine rings is 1. The van der Waals surface area contributed by atoms with Gasteiger partial charge in [0.15, 0.2) is 0 Å². The Kier molecular flexibility index (Phi) is 4.03. The van der Waals surface area contributed by atoms with Crippen molar-refractivity contribution in [1.29, 1.82) is 0 Å². The van der Waals surface area contributed by atoms with E-state index in [4.69, 9.17) is 9.47 Å². The lowest BCUT2D eigenvalue weighted by Crippen LogP contribution is -2.08. The summed E-state index contributed by atoms with van der Waals surface area (Å²) in [5.74, 6) is 0.907. The lowest BCUT2D eigenvalue weighted by molar-refractivity contribution is 0.103. The van der Waals surface area contributed by atoms with Crippen LogP contribution in [0.5, 0.6) is 11.5 Å². The number of methoxy groups -OCH3 is 2. The van der Waals surface area contributed by atoms with Gasteiger partial charge >= 0.3 is 0 Å². The highest BCUT2D eigenvalue weighted by Gasteiger charge is 2.20. The Morgan fingerprint density at radius 2 is 1.80 bits per heavy atom. The van der Waals surface area contributed by atoms with Crippen molar-refractivity contribution in [3.63, 3.8) is 0 Å². The number of carbonyl (C=O) groups is 1. The molecule has 0 aliphatic rings. The summed E-state index contributed by atoms with van der Waals surface area (Å²) >= 11 is 0. The van der Waals surface area contributed by atoms with E-state index in [9.17, 15) is 4.79 Å². The van der Waals surface area contributed by atoms with Crippen molar-refractivity contribution in [3.8, 4) is 11.5 Å². The lowest BCUT2D eigenvalue weighted by atomic mass is 9.96. The maximum atomic E-state index is 12.8. The molecule has 1 aromatic heterocycles. The summed E-state index contributed by atoms with van der Waals surface area (Å²) in [6, 6.07) is 5.47. The monoisotopic (exact) mass is 271 g/mol. The highest BCUT2D eigenvalue weighted by atomic mass is 16.5. The summed E-state index contributed by atoms with van der Waals surface area (Å²) in [5, 5.41) is 0. The fourth-order valence-electron chi connectivity index (χ4n) is 2.25. The Morgan fingerprint density at radius 3 is 2.45 bits per heavy atom. The molecule has 4 nitrogen and oxygen atoms in total. The Bertz CT molecular complexity index is 650. The van der Waals surface area contributed by atoms with Crippen molar-refractivity contribution in [2.24, 2.45) is 0 Å². The standard InChI is InChI=1S/C16H17NO3/c1-10-7-11(2)15(13(8-10)19-3)16(18)12-5-6-17-9-14(12)20-4/h5-9H,1-4H3. The smallest absolute Gasteiger partial charge is 0.200 e. The molecule has 0 fully saturated rings. The van der Waals surface area contributed by atoms with Gasteiger partial charge < -0.3 is 9.47 Å². The largest absolute Gasteiger partial charge is 0.496 e. The summed E-state index contributed by atoms with van der Waals surface area (Å²) < 4.78 is 10.5. The molecular formula is C16H17NO3. The maximum Gasteiger partial charge on any atom is 0.200 e. The zero-order chi connectivity index (χ0) is 14.7. The van der Waals surface area contributed by atoms with E-state index >= 15 is 0 Å². The minimum atomic E-state index is -0.126. The molecule has 2 aromatic rings. The van der Waals surface area contributed by atoms with Crippen molar-refractivity contribution in [2.75, 3.05) is 14.2 Å². The van der Waals surface area contributed by atoms with Crippen LogP contribution in [0.25, 0.3) is 0 Å². The van der Waals surface area contributed by atoms with Crippen LogP contribution < -0.4 is 9.47 Å². The van der Waals surface area contributed by atoms with E-state index in [0.29, 0.717) is 22.6 Å². The van der Waals surface area contributed by atoms with Crippen LogP contribution in [-0.2, 0) is 0 Å². The van der Waals surface area contributed by atoms with Crippen molar-refractivity contribution in [2.45, 2.75) is 13.8 Å². The van der Waals surface area contributed by atoms with Crippen molar-refractivity contribution >= 4 is 5.78 Å². The second kappa shape index (κ2) is 5.74. The van der Waals surface area contributed by atoms with Gasteiger partial charge in [-0.05, 0) is 37.1 Å². The van der Waals surface area contributed by atoms with E-state index in [1.165, 1.54) is 13.3 Å². The van der Waals surface area contributed by atoms with Crippen LogP contribution in [0.4, 0.5) is 0 Å². The predicted molar refractivity (Wildman–Crippen MR) is 76.7 cm³/mol. The third-order valence-electron chi connectivity index (χ3n) is 3.14. The number of hydrogen-bond acceptors (Lipinski definition) is 4. The normalized spacial score (nSPS) is 10.2. The van der Waals surface area contributed by atoms with Crippen LogP contribution >= 0.6 is 0 Å². The van der Waals surface area contributed by atoms with Gasteiger partial charge in [-0.3, -0.25) is 9.78 Å². The molecule has 0 saturated heterocycles. The fourth-order valence-corrected chi connectivity index (χ4v) is 2.25. The molecule has 0 radical (unpaired) electrons. The van der Waals surface area contributed by atoms with Gasteiger partial charge in [-0.2, -0.15) is 0 Å². The van der Waals surface area contributed by atoms with Gasteiger partial charge in [0.1, 0.15) is 11.5 Å². The minimum Gasteiger partial charge on any atom is -0.496 e. The Morgan fingerprint density at radius 1 is 1.10 bits per heavy atom. The average Bonchev–Trinajstić information content (AvgIpc) is 2.45. The maximum absolute atomic E-state index is 12.8. The molecule has 0 N–H and O–H groups in total. The first kappa shape index (κ1) is 14.1. The van der Waals surface area contributed by atoms with Crippen LogP contribution in [0.3, 0.4) is 0 Å². The summed E-state index contributed by atoms with van der Waals surface area (Å²) in [6.45, 7) is 3.87. The van der Waals surface area contributed by atoms with E-state index in [-0.39, 0.29) is 5.78 Å². The zero-order valence-electron chi connectivity index (χ0n) is 12.1. The SMILES string of the molecule is COc1cnccc1C(=O)c1c(C)cc(C)cc1OC. The zero-order valence-corrected chi connectivity index (χ0v) is 12.1. The summed E-state index contributed by atoms with van der Waals surface area (Å²) in [5.41, 5.74) is 2.97. The number of benzene rings is 1. The molecule has 0 amide bonds. The van der Waals surface area contributed by atoms with Crippen molar-refractivity contribution in [1.82, 2.24) is 4.98 Å². The second-order valence-corrected chi connectivity index (χ2v) is 4.56. The van der Waals surface area contributed by atoms with Gasteiger partial charge in [0.25, 0.3) is 0 Å². The van der Waals surface area contributed by atoms with Crippen molar-refractivity contribution < 1.29 is 14.3 Å². The number of hydrogen-bond donors (Lipinski definition) is 0. The first-order valence-corrected chi connectivity index (χ1v) is 6.26. The molecule has 0 atom stereocenters. The quantitative estimate of drug-likeness (QED) is 0.802. The molecule has 0 saturated carbocycles. The first-order chi connectivity index (χ1) is 9.58. The van der Waals surface area contributed by atoms with Gasteiger partial charge in [0.2, 0.25) is 5.78 Å². The number of rotatable bonds is 4. The Labute approximate surface area is 118 Å². The Balaban J connectivity index is 2.59. The Hall–Kier alpha value is -2.36. The molecule has 20 heavy (non-hydrogen) atoms. The molecule has 2 rings (SSSR count). The number of carbonyl (C=O) groups excluding carboxylic acids is 1. The van der Waals surface area contributed by atoms with Crippen LogP contribution in [-0.4, -0.2) is 25.0 Å². The van der Waals surface area contributed by atoms with Gasteiger partial charge in [0, 0.05) is 6.20 Å². The van der Waals surface area contributed by atoms with E-state index in [2.05, 4.69) is 4.98 Å². The predicted octanol–water partition coefficient (Wildman–Crippen LogP) is 2.95. The topological polar surface area (TPSA) is 48.4 Å². The molecule has 104 valence electrons. The molecule has 1 aromatic carbocycles. The molecule has 0 aliphatic heterocycles. The van der Waals surface area contributed by atoms with E-state index in [1.807, 2.05) is 26.0 Å². The molecule has 0 unspecified atom stereocenters. The third-order valence-corrected chi connectivity index (χ3v) is 3.14. The highest BCUT2D eigenvalue weighted by Crippen LogP contribution is 2.29. The number of nitrogens with zero attached hydrogens (tertiary/aromatic N) is 1. The highest BCUT2D eigenvalue weighted by molar-refractivity contribution is 6.13. The van der Waals surface area contributed by atoms with Gasteiger partial charge in [0.05, 0.1) is 31.5 Å². The first-order valence-electron chi connectivity index (χ1n) is 6.26. The summed E-state index contributed by atoms with van der Waals surface area (Å²) in [6.07, 6.45) is 3.11. The van der Waals surface area contributed by atoms with E-state index < -0.39 is 0 Å². The van der Waals surface area contributed by atoms with Gasteiger partial charge in [-0.15, -0.1) is 0 Å². The molecule has 4 heteroatoms. The molecule has 1 heterocycles. The summed E-state index contributed by atoms with van der Waals surface area (Å²) in [4.78, 5) is 16.7. The van der Waals surface area contributed by atoms with Crippen LogP contribution in [0, 0.1) is 13.8 Å². The van der Waals surface area contributed by atoms with E-state index in [1.54, 1.807) is 19.4 Å². The van der Waals surface area contributed by atoms with Crippen LogP contribution in [0.1, 0.15) is 27.0 Å². The molecule has 0 spiro atoms. The molecule has 0 bridgehead atoms. The minimum absolute atomic E-state index is 0.126. The second-order valence-electron chi connectivity index (χ2n) is 4.56. The fraction of sp³-hybridized carbons (Fsp3) is 0.250. The van der Waals surface area contributed by atoms with Crippen LogP contribution in [0.2, 0.25) is 0 Å². The van der Waals surface area contributed by atoms with Crippen molar-refractivity contribution in [3.05, 3.63) is 52.8 Å². The third kappa shape index (κ3) is 2.50.